The van der Waals surface area contributed by atoms with Gasteiger partial charge in [-0.05, 0) is 109 Å². The Morgan fingerprint density at radius 1 is 0.329 bits per heavy atom. The Kier molecular flexibility index (Phi) is 11.6. The van der Waals surface area contributed by atoms with E-state index < -0.39 is 0 Å². The minimum Gasteiger partial charge on any atom is -0.310 e. The SMILES string of the molecule is N#Cc1cc(-n2c3ccc(N(c4ccccc4)c4ccccc4)cc3c3cc(N(c4ccccc4)c4ccccc4)ccc32)cc(C#N)c1-c1ccc(-c2cc(-c3ccccc3)nc(-c3ccccc3)n2)cc1. The number of benzene rings is 10. The van der Waals surface area contributed by atoms with Gasteiger partial charge in [-0.15, -0.1) is 0 Å². The number of nitrogens with zero attached hydrogens (tertiary/aromatic N) is 7. The lowest BCUT2D eigenvalue weighted by molar-refractivity contribution is 1.17. The molecule has 0 saturated carbocycles. The van der Waals surface area contributed by atoms with Crippen LogP contribution in [0.25, 0.3) is 72.5 Å². The van der Waals surface area contributed by atoms with Gasteiger partial charge < -0.3 is 14.4 Å². The van der Waals surface area contributed by atoms with Gasteiger partial charge in [0.05, 0.1) is 45.7 Å². The highest BCUT2D eigenvalue weighted by Crippen LogP contribution is 2.44. The Hall–Kier alpha value is -10.3. The summed E-state index contributed by atoms with van der Waals surface area (Å²) in [6.45, 7) is 0. The molecule has 12 rings (SSSR count). The third kappa shape index (κ3) is 8.40. The average molecular weight is 934 g/mol. The fraction of sp³-hybridized carbons (Fsp3) is 0. The summed E-state index contributed by atoms with van der Waals surface area (Å²) < 4.78 is 2.18. The molecule has 0 atom stereocenters. The van der Waals surface area contributed by atoms with Crippen LogP contribution in [0.3, 0.4) is 0 Å². The highest BCUT2D eigenvalue weighted by Gasteiger charge is 2.22. The number of fused-ring (bicyclic) bond motifs is 3. The number of para-hydroxylation sites is 4. The van der Waals surface area contributed by atoms with Crippen molar-refractivity contribution in [1.82, 2.24) is 14.5 Å². The van der Waals surface area contributed by atoms with Crippen molar-refractivity contribution in [3.63, 3.8) is 0 Å². The Morgan fingerprint density at radius 3 is 1.08 bits per heavy atom. The number of hydrogen-bond donors (Lipinski definition) is 0. The molecule has 0 amide bonds. The van der Waals surface area contributed by atoms with E-state index in [1.807, 2.05) is 127 Å². The zero-order chi connectivity index (χ0) is 49.1. The molecule has 0 bridgehead atoms. The summed E-state index contributed by atoms with van der Waals surface area (Å²) in [6, 6.07) is 93.5. The minimum atomic E-state index is 0.392. The van der Waals surface area contributed by atoms with E-state index in [2.05, 4.69) is 160 Å². The van der Waals surface area contributed by atoms with Gasteiger partial charge in [0.15, 0.2) is 5.82 Å². The Balaban J connectivity index is 1.01. The smallest absolute Gasteiger partial charge is 0.160 e. The van der Waals surface area contributed by atoms with Crippen molar-refractivity contribution >= 4 is 55.9 Å². The molecule has 0 N–H and O–H groups in total. The lowest BCUT2D eigenvalue weighted by atomic mass is 9.93. The van der Waals surface area contributed by atoms with Crippen molar-refractivity contribution in [3.8, 4) is 62.9 Å². The Labute approximate surface area is 423 Å². The zero-order valence-electron chi connectivity index (χ0n) is 39.5. The van der Waals surface area contributed by atoms with Crippen LogP contribution in [0.2, 0.25) is 0 Å². The molecule has 0 unspecified atom stereocenters. The molecule has 2 heterocycles. The molecule has 7 heteroatoms. The minimum absolute atomic E-state index is 0.392. The molecule has 0 saturated heterocycles. The lowest BCUT2D eigenvalue weighted by Crippen LogP contribution is -2.09. The summed E-state index contributed by atoms with van der Waals surface area (Å²) in [7, 11) is 0. The van der Waals surface area contributed by atoms with Crippen LogP contribution in [-0.4, -0.2) is 14.5 Å². The van der Waals surface area contributed by atoms with Gasteiger partial charge in [0, 0.05) is 72.8 Å². The van der Waals surface area contributed by atoms with Gasteiger partial charge in [-0.1, -0.05) is 158 Å². The molecule has 0 aliphatic carbocycles. The summed E-state index contributed by atoms with van der Waals surface area (Å²) in [5, 5.41) is 24.0. The first kappa shape index (κ1) is 43.9. The standard InChI is InChI=1S/C66H43N7/c67-44-50-39-58(40-51(45-68)65(50)48-33-31-47(32-34-48)62-43-61(46-19-7-1-8-20-46)69-66(70-62)49-21-9-2-10-22-49)73-63-37-35-56(71(52-23-11-3-12-24-52)53-25-13-4-14-26-53)41-59(63)60-42-57(36-38-64(60)73)72(54-27-15-5-16-28-54)55-29-17-6-18-30-55/h1-43H. The third-order valence-corrected chi connectivity index (χ3v) is 13.2. The zero-order valence-corrected chi connectivity index (χ0v) is 39.5. The molecule has 0 aliphatic rings. The number of aromatic nitrogens is 3. The van der Waals surface area contributed by atoms with Crippen molar-refractivity contribution in [3.05, 3.63) is 272 Å². The van der Waals surface area contributed by atoms with Crippen LogP contribution in [0, 0.1) is 22.7 Å². The molecule has 0 radical (unpaired) electrons. The van der Waals surface area contributed by atoms with Crippen LogP contribution < -0.4 is 9.80 Å². The van der Waals surface area contributed by atoms with Crippen molar-refractivity contribution in [1.29, 1.82) is 10.5 Å². The molecule has 2 aromatic heterocycles. The van der Waals surface area contributed by atoms with Crippen LogP contribution in [0.4, 0.5) is 34.1 Å². The molecule has 0 spiro atoms. The third-order valence-electron chi connectivity index (χ3n) is 13.2. The van der Waals surface area contributed by atoms with E-state index in [0.717, 1.165) is 89.6 Å². The molecule has 73 heavy (non-hydrogen) atoms. The van der Waals surface area contributed by atoms with Crippen molar-refractivity contribution in [2.24, 2.45) is 0 Å². The highest BCUT2D eigenvalue weighted by molar-refractivity contribution is 6.12. The lowest BCUT2D eigenvalue weighted by Gasteiger charge is -2.26. The monoisotopic (exact) mass is 933 g/mol. The van der Waals surface area contributed by atoms with Crippen LogP contribution in [0.15, 0.2) is 261 Å². The molecule has 12 aromatic rings. The van der Waals surface area contributed by atoms with E-state index in [1.54, 1.807) is 0 Å². The van der Waals surface area contributed by atoms with Gasteiger partial charge in [0.25, 0.3) is 0 Å². The summed E-state index contributed by atoms with van der Waals surface area (Å²) in [4.78, 5) is 14.5. The molecular weight excluding hydrogens is 891 g/mol. The summed E-state index contributed by atoms with van der Waals surface area (Å²) in [5.41, 5.74) is 15.2. The molecule has 7 nitrogen and oxygen atoms in total. The van der Waals surface area contributed by atoms with E-state index in [1.165, 1.54) is 0 Å². The van der Waals surface area contributed by atoms with Gasteiger partial charge in [0.2, 0.25) is 0 Å². The van der Waals surface area contributed by atoms with E-state index in [0.29, 0.717) is 28.2 Å². The van der Waals surface area contributed by atoms with Crippen LogP contribution in [-0.2, 0) is 0 Å². The average Bonchev–Trinajstić information content (AvgIpc) is 3.79. The first-order valence-electron chi connectivity index (χ1n) is 24.1. The topological polar surface area (TPSA) is 84.8 Å². The Morgan fingerprint density at radius 2 is 0.685 bits per heavy atom. The first-order valence-corrected chi connectivity index (χ1v) is 24.1. The predicted molar refractivity (Wildman–Crippen MR) is 297 cm³/mol. The van der Waals surface area contributed by atoms with E-state index in [-0.39, 0.29) is 0 Å². The van der Waals surface area contributed by atoms with Crippen molar-refractivity contribution < 1.29 is 0 Å². The summed E-state index contributed by atoms with van der Waals surface area (Å²) in [6.07, 6.45) is 0. The second-order valence-corrected chi connectivity index (χ2v) is 17.7. The Bertz CT molecular complexity index is 3700. The predicted octanol–water partition coefficient (Wildman–Crippen LogP) is 16.9. The van der Waals surface area contributed by atoms with Crippen molar-refractivity contribution in [2.45, 2.75) is 0 Å². The summed E-state index contributed by atoms with van der Waals surface area (Å²) in [5.74, 6) is 0.627. The van der Waals surface area contributed by atoms with Gasteiger partial charge in [-0.2, -0.15) is 10.5 Å². The van der Waals surface area contributed by atoms with Gasteiger partial charge in [-0.25, -0.2) is 9.97 Å². The van der Waals surface area contributed by atoms with E-state index >= 15 is 0 Å². The van der Waals surface area contributed by atoms with E-state index in [4.69, 9.17) is 9.97 Å². The highest BCUT2D eigenvalue weighted by atomic mass is 15.1. The van der Waals surface area contributed by atoms with Gasteiger partial charge in [-0.3, -0.25) is 0 Å². The number of hydrogen-bond acceptors (Lipinski definition) is 6. The maximum atomic E-state index is 11.0. The maximum Gasteiger partial charge on any atom is 0.160 e. The molecule has 0 fully saturated rings. The largest absolute Gasteiger partial charge is 0.310 e. The van der Waals surface area contributed by atoms with Crippen LogP contribution >= 0.6 is 0 Å². The summed E-state index contributed by atoms with van der Waals surface area (Å²) >= 11 is 0. The maximum absolute atomic E-state index is 11.0. The number of nitriles is 2. The second kappa shape index (κ2) is 19.2. The molecule has 10 aromatic carbocycles. The van der Waals surface area contributed by atoms with Gasteiger partial charge >= 0.3 is 0 Å². The fourth-order valence-electron chi connectivity index (χ4n) is 9.88. The number of rotatable bonds is 11. The van der Waals surface area contributed by atoms with E-state index in [9.17, 15) is 10.5 Å². The first-order chi connectivity index (χ1) is 36.1. The fourth-order valence-corrected chi connectivity index (χ4v) is 9.88. The quantitative estimate of drug-likeness (QED) is 0.128. The second-order valence-electron chi connectivity index (χ2n) is 17.7. The van der Waals surface area contributed by atoms with Crippen LogP contribution in [0.1, 0.15) is 11.1 Å². The van der Waals surface area contributed by atoms with Gasteiger partial charge in [0.1, 0.15) is 0 Å². The van der Waals surface area contributed by atoms with Crippen molar-refractivity contribution in [2.75, 3.05) is 9.80 Å². The molecule has 0 aliphatic heterocycles. The molecular formula is C66H43N7. The molecule has 342 valence electrons. The number of anilines is 6. The van der Waals surface area contributed by atoms with Crippen LogP contribution in [0.5, 0.6) is 0 Å². The normalized spacial score (nSPS) is 11.0.